The van der Waals surface area contributed by atoms with Gasteiger partial charge in [-0.3, -0.25) is 0 Å². The predicted octanol–water partition coefficient (Wildman–Crippen LogP) is 8.18. The highest BCUT2D eigenvalue weighted by atomic mass is 32.2. The minimum absolute atomic E-state index is 0.177. The van der Waals surface area contributed by atoms with Crippen LogP contribution in [0.15, 0.2) is 88.4 Å². The zero-order chi connectivity index (χ0) is 22.8. The molecule has 0 N–H and O–H groups in total. The van der Waals surface area contributed by atoms with Crippen LogP contribution in [0.2, 0.25) is 0 Å². The molecule has 2 aromatic rings. The molecule has 1 heterocycles. The van der Waals surface area contributed by atoms with Crippen LogP contribution in [0.5, 0.6) is 0 Å². The van der Waals surface area contributed by atoms with Crippen molar-refractivity contribution in [3.05, 3.63) is 83.5 Å². The van der Waals surface area contributed by atoms with E-state index in [-0.39, 0.29) is 10.9 Å². The first-order valence-electron chi connectivity index (χ1n) is 10.1. The fraction of sp³-hybridized carbons (Fsp3) is 0.296. The molecule has 0 aliphatic rings. The normalized spacial score (nSPS) is 10.4. The van der Waals surface area contributed by atoms with E-state index in [1.807, 2.05) is 39.8 Å². The minimum Gasteiger partial charge on any atom is -0.346 e. The molecule has 0 bridgehead atoms. The van der Waals surface area contributed by atoms with Crippen molar-refractivity contribution in [2.45, 2.75) is 52.9 Å². The van der Waals surface area contributed by atoms with Gasteiger partial charge in [0.1, 0.15) is 10.9 Å². The van der Waals surface area contributed by atoms with Crippen molar-refractivity contribution in [3.63, 3.8) is 0 Å². The molecule has 156 valence electrons. The minimum atomic E-state index is -0.177. The van der Waals surface area contributed by atoms with E-state index in [1.54, 1.807) is 6.08 Å². The Hall–Kier alpha value is -2.59. The van der Waals surface area contributed by atoms with Crippen molar-refractivity contribution < 1.29 is 0 Å². The van der Waals surface area contributed by atoms with Gasteiger partial charge < -0.3 is 4.57 Å². The number of terminal acetylenes is 1. The van der Waals surface area contributed by atoms with Gasteiger partial charge in [-0.25, -0.2) is 0 Å². The Morgan fingerprint density at radius 2 is 1.72 bits per heavy atom. The summed E-state index contributed by atoms with van der Waals surface area (Å²) in [5.74, 6) is 0. The largest absolute Gasteiger partial charge is 0.346 e. The highest BCUT2D eigenvalue weighted by Gasteiger charge is 2.32. The Bertz CT molecular complexity index is 855. The van der Waals surface area contributed by atoms with Crippen LogP contribution in [-0.2, 0) is 17.9 Å². The van der Waals surface area contributed by atoms with Crippen molar-refractivity contribution in [2.75, 3.05) is 0 Å². The van der Waals surface area contributed by atoms with Crippen molar-refractivity contribution in [3.8, 4) is 12.8 Å². The number of hydrogen-bond donors (Lipinski definition) is 0. The summed E-state index contributed by atoms with van der Waals surface area (Å²) in [6.07, 6.45) is 19.1. The molecule has 0 saturated heterocycles. The summed E-state index contributed by atoms with van der Waals surface area (Å²) in [4.78, 5) is 3.78. The molecule has 0 fully saturated rings. The topological polar surface area (TPSA) is 4.93 Å². The smallest absolute Gasteiger partial charge is 0.192 e. The first kappa shape index (κ1) is 28.6. The quantitative estimate of drug-likeness (QED) is 0.196. The molecule has 1 atom stereocenters. The number of aromatic nitrogens is 1. The van der Waals surface area contributed by atoms with Gasteiger partial charge in [-0.1, -0.05) is 71.7 Å². The van der Waals surface area contributed by atoms with Crippen LogP contribution in [0.3, 0.4) is 0 Å². The van der Waals surface area contributed by atoms with Crippen LogP contribution in [0, 0.1) is 12.8 Å². The molecule has 0 aliphatic carbocycles. The Morgan fingerprint density at radius 3 is 2.24 bits per heavy atom. The molecule has 1 nitrogen and oxygen atoms in total. The average molecular weight is 409 g/mol. The summed E-state index contributed by atoms with van der Waals surface area (Å²) in [7, 11) is 1.92. The first-order chi connectivity index (χ1) is 14.1. The number of fused-ring (bicyclic) bond motifs is 1. The second-order valence-corrected chi connectivity index (χ2v) is 7.39. The Balaban J connectivity index is 0. The van der Waals surface area contributed by atoms with E-state index >= 15 is 0 Å². The van der Waals surface area contributed by atoms with E-state index in [0.717, 1.165) is 6.42 Å². The van der Waals surface area contributed by atoms with E-state index < -0.39 is 0 Å². The Kier molecular flexibility index (Phi) is 17.3. The van der Waals surface area contributed by atoms with Gasteiger partial charge >= 0.3 is 0 Å². The van der Waals surface area contributed by atoms with E-state index in [4.69, 9.17) is 0 Å². The van der Waals surface area contributed by atoms with Gasteiger partial charge in [0.05, 0.1) is 17.1 Å². The van der Waals surface area contributed by atoms with Crippen molar-refractivity contribution in [2.24, 2.45) is 7.05 Å². The maximum absolute atomic E-state index is 4.04. The molecule has 0 saturated carbocycles. The van der Waals surface area contributed by atoms with Gasteiger partial charge in [-0.15, -0.1) is 12.8 Å². The van der Waals surface area contributed by atoms with Crippen LogP contribution in [0.4, 0.5) is 0 Å². The lowest BCUT2D eigenvalue weighted by Crippen LogP contribution is -2.05. The number of aryl methyl sites for hydroxylation is 1. The van der Waals surface area contributed by atoms with Crippen LogP contribution < -0.4 is 0 Å². The van der Waals surface area contributed by atoms with E-state index in [2.05, 4.69) is 93.7 Å². The molecule has 0 aliphatic heterocycles. The molecule has 1 aromatic carbocycles. The Labute approximate surface area is 182 Å². The van der Waals surface area contributed by atoms with Crippen molar-refractivity contribution in [1.29, 1.82) is 0 Å². The van der Waals surface area contributed by atoms with Crippen LogP contribution in [0.25, 0.3) is 10.9 Å². The summed E-state index contributed by atoms with van der Waals surface area (Å²) >= 11 is 0. The molecule has 1 aromatic heterocycles. The SMILES string of the molecule is C#C.C=CC=C=C(C)[S+](/C(C=C)=C/CC)c1cn(C)c2ccccc12.CC.CC. The third kappa shape index (κ3) is 8.12. The van der Waals surface area contributed by atoms with Gasteiger partial charge in [-0.2, -0.15) is 0 Å². The molecule has 0 radical (unpaired) electrons. The van der Waals surface area contributed by atoms with Gasteiger partial charge in [0.15, 0.2) is 14.7 Å². The molecule has 2 heteroatoms. The number of para-hydroxylation sites is 1. The number of nitrogens with zero attached hydrogens (tertiary/aromatic N) is 1. The molecular formula is C27H38NS+. The highest BCUT2D eigenvalue weighted by molar-refractivity contribution is 8.04. The standard InChI is InChI=1S/C21H24NS.2C2H6.C2H2/c1-6-9-13-17(4)23(18(8-3)12-7-2)21-16-22(5)20-15-11-10-14-19(20)21;3*1-2/h6,8-12,14-16H,1,3,7H2,2,4-5H3;2*1-2H3;1-2H/q+1;;;/b18-12+;;;. The molecule has 1 unspecified atom stereocenters. The highest BCUT2D eigenvalue weighted by Crippen LogP contribution is 2.35. The molecular weight excluding hydrogens is 370 g/mol. The maximum Gasteiger partial charge on any atom is 0.192 e. The van der Waals surface area contributed by atoms with E-state index in [9.17, 15) is 0 Å². The Morgan fingerprint density at radius 1 is 1.14 bits per heavy atom. The fourth-order valence-electron chi connectivity index (χ4n) is 2.62. The number of rotatable bonds is 6. The zero-order valence-electron chi connectivity index (χ0n) is 19.3. The predicted molar refractivity (Wildman–Crippen MR) is 137 cm³/mol. The van der Waals surface area contributed by atoms with Crippen molar-refractivity contribution in [1.82, 2.24) is 4.57 Å². The number of hydrogen-bond acceptors (Lipinski definition) is 0. The summed E-state index contributed by atoms with van der Waals surface area (Å²) in [5, 5.41) is 1.29. The molecule has 2 rings (SSSR count). The second kappa shape index (κ2) is 17.5. The van der Waals surface area contributed by atoms with Crippen LogP contribution in [0.1, 0.15) is 48.0 Å². The summed E-state index contributed by atoms with van der Waals surface area (Å²) < 4.78 is 2.20. The fourth-order valence-corrected chi connectivity index (χ4v) is 4.90. The third-order valence-corrected chi connectivity index (χ3v) is 5.93. The van der Waals surface area contributed by atoms with Gasteiger partial charge in [0.2, 0.25) is 0 Å². The lowest BCUT2D eigenvalue weighted by molar-refractivity contribution is 0.957. The van der Waals surface area contributed by atoms with Gasteiger partial charge in [0, 0.05) is 14.0 Å². The lowest BCUT2D eigenvalue weighted by atomic mass is 10.2. The first-order valence-corrected chi connectivity index (χ1v) is 11.3. The molecule has 0 amide bonds. The summed E-state index contributed by atoms with van der Waals surface area (Å²) in [6, 6.07) is 8.54. The number of allylic oxidation sites excluding steroid dienone is 4. The molecule has 29 heavy (non-hydrogen) atoms. The molecule has 0 spiro atoms. The van der Waals surface area contributed by atoms with Gasteiger partial charge in [-0.05, 0) is 36.8 Å². The lowest BCUT2D eigenvalue weighted by Gasteiger charge is -2.06. The number of benzene rings is 1. The van der Waals surface area contributed by atoms with Gasteiger partial charge in [0.25, 0.3) is 0 Å². The average Bonchev–Trinajstić information content (AvgIpc) is 3.12. The monoisotopic (exact) mass is 408 g/mol. The summed E-state index contributed by atoms with van der Waals surface area (Å²) in [6.45, 7) is 20.1. The third-order valence-electron chi connectivity index (χ3n) is 3.63. The van der Waals surface area contributed by atoms with Crippen LogP contribution >= 0.6 is 0 Å². The summed E-state index contributed by atoms with van der Waals surface area (Å²) in [5.41, 5.74) is 4.62. The zero-order valence-corrected chi connectivity index (χ0v) is 20.1. The second-order valence-electron chi connectivity index (χ2n) is 5.25. The van der Waals surface area contributed by atoms with Crippen molar-refractivity contribution >= 4 is 21.8 Å². The van der Waals surface area contributed by atoms with Crippen LogP contribution in [-0.4, -0.2) is 4.57 Å². The maximum atomic E-state index is 4.04. The van der Waals surface area contributed by atoms with E-state index in [0.29, 0.717) is 0 Å². The van der Waals surface area contributed by atoms with E-state index in [1.165, 1.54) is 25.6 Å².